The molecule has 2 N–H and O–H groups in total. The first-order chi connectivity index (χ1) is 6.60. The summed E-state index contributed by atoms with van der Waals surface area (Å²) in [6, 6.07) is 0. The highest BCUT2D eigenvalue weighted by atomic mass is 16.5. The van der Waals surface area contributed by atoms with E-state index in [4.69, 9.17) is 9.84 Å². The maximum Gasteiger partial charge on any atom is 0.0773 e. The van der Waals surface area contributed by atoms with E-state index in [1.54, 1.807) is 0 Å². The fraction of sp³-hybridized carbons (Fsp3) is 1.00. The molecule has 0 fully saturated rings. The summed E-state index contributed by atoms with van der Waals surface area (Å²) in [5.74, 6) is 0.272. The van der Waals surface area contributed by atoms with Gasteiger partial charge in [0.05, 0.1) is 18.8 Å². The molecule has 3 heteroatoms. The van der Waals surface area contributed by atoms with Gasteiger partial charge in [-0.15, -0.1) is 0 Å². The molecule has 0 aliphatic rings. The van der Waals surface area contributed by atoms with Crippen LogP contribution < -0.4 is 0 Å². The lowest BCUT2D eigenvalue weighted by molar-refractivity contribution is -0.00823. The predicted molar refractivity (Wildman–Crippen MR) is 57.2 cm³/mol. The minimum absolute atomic E-state index is 0.193. The van der Waals surface area contributed by atoms with Crippen molar-refractivity contribution < 1.29 is 14.9 Å². The van der Waals surface area contributed by atoms with Crippen LogP contribution in [0.5, 0.6) is 0 Å². The zero-order valence-electron chi connectivity index (χ0n) is 9.57. The Kier molecular flexibility index (Phi) is 8.14. The highest BCUT2D eigenvalue weighted by molar-refractivity contribution is 4.59. The summed E-state index contributed by atoms with van der Waals surface area (Å²) >= 11 is 0. The van der Waals surface area contributed by atoms with E-state index >= 15 is 0 Å². The van der Waals surface area contributed by atoms with Crippen molar-refractivity contribution in [2.45, 2.75) is 52.2 Å². The molecule has 0 amide bonds. The van der Waals surface area contributed by atoms with E-state index in [0.29, 0.717) is 13.0 Å². The van der Waals surface area contributed by atoms with Crippen molar-refractivity contribution in [3.63, 3.8) is 0 Å². The summed E-state index contributed by atoms with van der Waals surface area (Å²) in [6.07, 6.45) is 2.36. The smallest absolute Gasteiger partial charge is 0.0773 e. The molecule has 0 aromatic rings. The number of hydrogen-bond donors (Lipinski definition) is 2. The molecule has 0 saturated heterocycles. The van der Waals surface area contributed by atoms with Crippen molar-refractivity contribution in [2.24, 2.45) is 5.92 Å². The third-order valence-corrected chi connectivity index (χ3v) is 2.45. The zero-order valence-corrected chi connectivity index (χ0v) is 9.57. The molecule has 0 rings (SSSR count). The van der Waals surface area contributed by atoms with Crippen LogP contribution >= 0.6 is 0 Å². The molecule has 0 aliphatic heterocycles. The van der Waals surface area contributed by atoms with E-state index in [1.165, 1.54) is 0 Å². The standard InChI is InChI=1S/C11H24O3/c1-4-10(3)14-8-11(13)6-5-9(2)7-12/h9-13H,4-8H2,1-3H3. The van der Waals surface area contributed by atoms with Crippen LogP contribution in [0.3, 0.4) is 0 Å². The van der Waals surface area contributed by atoms with E-state index in [2.05, 4.69) is 6.92 Å². The molecule has 3 nitrogen and oxygen atoms in total. The Morgan fingerprint density at radius 2 is 1.86 bits per heavy atom. The van der Waals surface area contributed by atoms with E-state index in [9.17, 15) is 5.11 Å². The lowest BCUT2D eigenvalue weighted by Crippen LogP contribution is -2.20. The topological polar surface area (TPSA) is 49.7 Å². The molecule has 0 bridgehead atoms. The van der Waals surface area contributed by atoms with Crippen molar-refractivity contribution >= 4 is 0 Å². The first-order valence-corrected chi connectivity index (χ1v) is 5.50. The number of rotatable bonds is 8. The SMILES string of the molecule is CCC(C)OCC(O)CCC(C)CO. The summed E-state index contributed by atoms with van der Waals surface area (Å²) in [5, 5.41) is 18.3. The van der Waals surface area contributed by atoms with Crippen molar-refractivity contribution in [3.8, 4) is 0 Å². The fourth-order valence-electron chi connectivity index (χ4n) is 1.04. The normalized spacial score (nSPS) is 17.8. The average molecular weight is 204 g/mol. The summed E-state index contributed by atoms with van der Waals surface area (Å²) in [4.78, 5) is 0. The third-order valence-electron chi connectivity index (χ3n) is 2.45. The van der Waals surface area contributed by atoms with Crippen LogP contribution in [0.1, 0.15) is 40.0 Å². The Bertz CT molecular complexity index is 114. The van der Waals surface area contributed by atoms with E-state index < -0.39 is 6.10 Å². The van der Waals surface area contributed by atoms with Gasteiger partial charge in [-0.2, -0.15) is 0 Å². The van der Waals surface area contributed by atoms with Gasteiger partial charge in [0.15, 0.2) is 0 Å². The largest absolute Gasteiger partial charge is 0.396 e. The molecule has 0 aromatic carbocycles. The molecule has 0 spiro atoms. The third kappa shape index (κ3) is 7.30. The van der Waals surface area contributed by atoms with Crippen LogP contribution in [0.25, 0.3) is 0 Å². The quantitative estimate of drug-likeness (QED) is 0.631. The summed E-state index contributed by atoms with van der Waals surface area (Å²) in [7, 11) is 0. The van der Waals surface area contributed by atoms with Crippen molar-refractivity contribution in [2.75, 3.05) is 13.2 Å². The van der Waals surface area contributed by atoms with Crippen LogP contribution in [0.4, 0.5) is 0 Å². The maximum atomic E-state index is 9.53. The van der Waals surface area contributed by atoms with Crippen LogP contribution in [0, 0.1) is 5.92 Å². The molecule has 0 radical (unpaired) electrons. The fourth-order valence-corrected chi connectivity index (χ4v) is 1.04. The highest BCUT2D eigenvalue weighted by Crippen LogP contribution is 2.08. The van der Waals surface area contributed by atoms with Gasteiger partial charge < -0.3 is 14.9 Å². The monoisotopic (exact) mass is 204 g/mol. The van der Waals surface area contributed by atoms with Gasteiger partial charge in [0.2, 0.25) is 0 Å². The first-order valence-electron chi connectivity index (χ1n) is 5.50. The molecule has 14 heavy (non-hydrogen) atoms. The number of aliphatic hydroxyl groups excluding tert-OH is 2. The minimum atomic E-state index is -0.391. The Labute approximate surface area is 87.1 Å². The van der Waals surface area contributed by atoms with Crippen molar-refractivity contribution in [1.82, 2.24) is 0 Å². The maximum absolute atomic E-state index is 9.53. The van der Waals surface area contributed by atoms with Crippen LogP contribution in [-0.4, -0.2) is 35.6 Å². The summed E-state index contributed by atoms with van der Waals surface area (Å²) in [6.45, 7) is 6.64. The Hall–Kier alpha value is -0.120. The molecule has 0 heterocycles. The van der Waals surface area contributed by atoms with E-state index in [1.807, 2.05) is 13.8 Å². The van der Waals surface area contributed by atoms with Gasteiger partial charge in [0.1, 0.15) is 0 Å². The molecule has 0 saturated carbocycles. The Morgan fingerprint density at radius 1 is 1.21 bits per heavy atom. The van der Waals surface area contributed by atoms with E-state index in [-0.39, 0.29) is 18.6 Å². The van der Waals surface area contributed by atoms with Crippen molar-refractivity contribution in [1.29, 1.82) is 0 Å². The molecular formula is C11H24O3. The number of aliphatic hydroxyl groups is 2. The van der Waals surface area contributed by atoms with Crippen LogP contribution in [0.15, 0.2) is 0 Å². The minimum Gasteiger partial charge on any atom is -0.396 e. The lowest BCUT2D eigenvalue weighted by atomic mass is 10.0. The predicted octanol–water partition coefficient (Wildman–Crippen LogP) is 1.57. The second-order valence-electron chi connectivity index (χ2n) is 4.07. The van der Waals surface area contributed by atoms with Gasteiger partial charge >= 0.3 is 0 Å². The van der Waals surface area contributed by atoms with Gasteiger partial charge in [0.25, 0.3) is 0 Å². The number of ether oxygens (including phenoxy) is 1. The van der Waals surface area contributed by atoms with Gasteiger partial charge in [-0.1, -0.05) is 13.8 Å². The van der Waals surface area contributed by atoms with Gasteiger partial charge in [-0.05, 0) is 32.1 Å². The average Bonchev–Trinajstić information content (AvgIpc) is 2.22. The molecule has 0 aromatic heterocycles. The van der Waals surface area contributed by atoms with Crippen molar-refractivity contribution in [3.05, 3.63) is 0 Å². The Balaban J connectivity index is 3.40. The highest BCUT2D eigenvalue weighted by Gasteiger charge is 2.09. The second-order valence-corrected chi connectivity index (χ2v) is 4.07. The second kappa shape index (κ2) is 8.21. The summed E-state index contributed by atoms with van der Waals surface area (Å²) in [5.41, 5.74) is 0. The van der Waals surface area contributed by atoms with Crippen LogP contribution in [0.2, 0.25) is 0 Å². The van der Waals surface area contributed by atoms with Crippen LogP contribution in [-0.2, 0) is 4.74 Å². The first kappa shape index (κ1) is 13.9. The molecule has 86 valence electrons. The van der Waals surface area contributed by atoms with Gasteiger partial charge in [-0.25, -0.2) is 0 Å². The lowest BCUT2D eigenvalue weighted by Gasteiger charge is -2.16. The van der Waals surface area contributed by atoms with Gasteiger partial charge in [0, 0.05) is 6.61 Å². The number of hydrogen-bond acceptors (Lipinski definition) is 3. The summed E-state index contributed by atoms with van der Waals surface area (Å²) < 4.78 is 5.41. The molecule has 0 aliphatic carbocycles. The molecule has 3 unspecified atom stereocenters. The Morgan fingerprint density at radius 3 is 2.36 bits per heavy atom. The molecule has 3 atom stereocenters. The molecular weight excluding hydrogens is 180 g/mol. The zero-order chi connectivity index (χ0) is 11.0. The van der Waals surface area contributed by atoms with E-state index in [0.717, 1.165) is 12.8 Å². The van der Waals surface area contributed by atoms with Gasteiger partial charge in [-0.3, -0.25) is 0 Å².